The molecule has 0 atom stereocenters. The van der Waals surface area contributed by atoms with E-state index < -0.39 is 16.2 Å². The first-order valence-corrected chi connectivity index (χ1v) is 12.0. The summed E-state index contributed by atoms with van der Waals surface area (Å²) < 4.78 is 29.4. The second-order valence-corrected chi connectivity index (χ2v) is 10.5. The summed E-state index contributed by atoms with van der Waals surface area (Å²) in [5.74, 6) is 0.164. The molecule has 0 saturated carbocycles. The molecule has 0 saturated heterocycles. The number of anilines is 1. The predicted octanol–water partition coefficient (Wildman–Crippen LogP) is 2.17. The molecule has 7 nitrogen and oxygen atoms in total. The van der Waals surface area contributed by atoms with Crippen molar-refractivity contribution in [1.29, 1.82) is 0 Å². The van der Waals surface area contributed by atoms with Crippen LogP contribution in [0.4, 0.5) is 10.5 Å². The Morgan fingerprint density at radius 3 is 2.10 bits per heavy atom. The smallest absolute Gasteiger partial charge is 0.308 e. The zero-order valence-corrected chi connectivity index (χ0v) is 23.0. The van der Waals surface area contributed by atoms with E-state index in [1.807, 2.05) is 32.8 Å². The maximum absolute atomic E-state index is 12.9. The molecule has 30 heavy (non-hydrogen) atoms. The zero-order valence-electron chi connectivity index (χ0n) is 19.0. The number of rotatable bonds is 8. The van der Waals surface area contributed by atoms with Crippen LogP contribution in [0.5, 0.6) is 0 Å². The van der Waals surface area contributed by atoms with Crippen LogP contribution in [0.15, 0.2) is 6.07 Å². The summed E-state index contributed by atoms with van der Waals surface area (Å²) >= 11 is 0. The van der Waals surface area contributed by atoms with E-state index in [0.29, 0.717) is 19.6 Å². The maximum Gasteiger partial charge on any atom is 0.333 e. The fourth-order valence-corrected chi connectivity index (χ4v) is 5.55. The van der Waals surface area contributed by atoms with Crippen LogP contribution in [0.1, 0.15) is 48.9 Å². The molecule has 2 N–H and O–H groups in total. The van der Waals surface area contributed by atoms with Gasteiger partial charge in [0.25, 0.3) is 0 Å². The van der Waals surface area contributed by atoms with Crippen LogP contribution in [-0.2, 0) is 35.9 Å². The normalized spacial score (nSPS) is 15.3. The van der Waals surface area contributed by atoms with Gasteiger partial charge in [0.15, 0.2) is 0 Å². The fourth-order valence-electron chi connectivity index (χ4n) is 4.32. The summed E-state index contributed by atoms with van der Waals surface area (Å²) in [7, 11) is -0.117. The number of carbonyl (C=O) groups is 1. The molecule has 2 amide bonds. The van der Waals surface area contributed by atoms with Crippen molar-refractivity contribution in [2.45, 2.75) is 52.4 Å². The van der Waals surface area contributed by atoms with E-state index in [4.69, 9.17) is 0 Å². The molecule has 0 fully saturated rings. The molecule has 0 aromatic heterocycles. The van der Waals surface area contributed by atoms with Crippen molar-refractivity contribution in [1.82, 2.24) is 13.9 Å². The van der Waals surface area contributed by atoms with Gasteiger partial charge in [-0.15, -0.1) is 0 Å². The third kappa shape index (κ3) is 6.51. The Kier molecular flexibility index (Phi) is 9.82. The van der Waals surface area contributed by atoms with Gasteiger partial charge in [0.05, 0.1) is 0 Å². The Hall–Kier alpha value is -0.00364. The van der Waals surface area contributed by atoms with Crippen molar-refractivity contribution in [3.05, 3.63) is 28.3 Å². The second kappa shape index (κ2) is 11.2. The number of amides is 2. The van der Waals surface area contributed by atoms with Crippen LogP contribution < -0.4 is 10.0 Å². The van der Waals surface area contributed by atoms with Crippen LogP contribution in [0.2, 0.25) is 0 Å². The summed E-state index contributed by atoms with van der Waals surface area (Å²) in [5.41, 5.74) is 5.83. The van der Waals surface area contributed by atoms with Gasteiger partial charge in [0, 0.05) is 76.7 Å². The maximum atomic E-state index is 12.9. The van der Waals surface area contributed by atoms with Gasteiger partial charge in [0.2, 0.25) is 0 Å². The number of nitrogens with one attached hydrogen (secondary N) is 2. The minimum Gasteiger partial charge on any atom is -0.308 e. The molecular formula is C21H34KN4O3S. The van der Waals surface area contributed by atoms with Crippen molar-refractivity contribution < 1.29 is 13.2 Å². The van der Waals surface area contributed by atoms with E-state index >= 15 is 0 Å². The fraction of sp³-hybridized carbons (Fsp3) is 0.667. The molecule has 163 valence electrons. The van der Waals surface area contributed by atoms with Gasteiger partial charge in [0.1, 0.15) is 0 Å². The molecule has 2 aliphatic carbocycles. The third-order valence-electron chi connectivity index (χ3n) is 5.64. The van der Waals surface area contributed by atoms with Gasteiger partial charge in [-0.05, 0) is 80.8 Å². The van der Waals surface area contributed by atoms with E-state index in [1.54, 1.807) is 0 Å². The number of fused-ring (bicyclic) bond motifs is 2. The van der Waals surface area contributed by atoms with E-state index in [9.17, 15) is 13.2 Å². The third-order valence-corrected chi connectivity index (χ3v) is 7.09. The van der Waals surface area contributed by atoms with Gasteiger partial charge in [-0.1, -0.05) is 19.9 Å². The molecule has 2 aliphatic rings. The minimum absolute atomic E-state index is 0. The summed E-state index contributed by atoms with van der Waals surface area (Å²) in [5, 5.41) is 2.91. The SMILES string of the molecule is CC(C)CN(CCN(C)C)S(=O)(=O)NC(=O)Nc1c2c(cc3c1CCC3)CCC2.[K]. The summed E-state index contributed by atoms with van der Waals surface area (Å²) in [6.45, 7) is 5.23. The van der Waals surface area contributed by atoms with E-state index in [1.165, 1.54) is 26.6 Å². The summed E-state index contributed by atoms with van der Waals surface area (Å²) in [4.78, 5) is 14.6. The molecule has 0 bridgehead atoms. The minimum atomic E-state index is -3.92. The van der Waals surface area contributed by atoms with Crippen molar-refractivity contribution in [2.24, 2.45) is 5.92 Å². The Bertz CT molecular complexity index is 839. The molecule has 0 heterocycles. The van der Waals surface area contributed by atoms with Crippen LogP contribution in [0.25, 0.3) is 0 Å². The van der Waals surface area contributed by atoms with Crippen molar-refractivity contribution >= 4 is 73.3 Å². The van der Waals surface area contributed by atoms with Crippen LogP contribution in [-0.4, -0.2) is 109 Å². The number of carbonyl (C=O) groups excluding carboxylic acids is 1. The molecule has 9 heteroatoms. The average molecular weight is 462 g/mol. The zero-order chi connectivity index (χ0) is 21.2. The molecule has 1 radical (unpaired) electrons. The van der Waals surface area contributed by atoms with Gasteiger partial charge in [-0.2, -0.15) is 12.7 Å². The molecular weight excluding hydrogens is 427 g/mol. The molecule has 0 spiro atoms. The van der Waals surface area contributed by atoms with Gasteiger partial charge < -0.3 is 10.2 Å². The molecule has 1 aromatic carbocycles. The largest absolute Gasteiger partial charge is 0.333 e. The summed E-state index contributed by atoms with van der Waals surface area (Å²) in [6.07, 6.45) is 6.10. The Morgan fingerprint density at radius 2 is 1.60 bits per heavy atom. The number of likely N-dealkylation sites (N-methyl/N-ethyl adjacent to an activating group) is 1. The van der Waals surface area contributed by atoms with Gasteiger partial charge in [-0.25, -0.2) is 9.52 Å². The Morgan fingerprint density at radius 1 is 1.03 bits per heavy atom. The van der Waals surface area contributed by atoms with Gasteiger partial charge in [-0.3, -0.25) is 0 Å². The van der Waals surface area contributed by atoms with Crippen LogP contribution in [0.3, 0.4) is 0 Å². The number of benzene rings is 1. The second-order valence-electron chi connectivity index (χ2n) is 8.85. The average Bonchev–Trinajstić information content (AvgIpc) is 3.26. The van der Waals surface area contributed by atoms with Crippen molar-refractivity contribution in [3.63, 3.8) is 0 Å². The van der Waals surface area contributed by atoms with Crippen molar-refractivity contribution in [3.8, 4) is 0 Å². The van der Waals surface area contributed by atoms with E-state index in [-0.39, 0.29) is 57.3 Å². The van der Waals surface area contributed by atoms with Crippen LogP contribution >= 0.6 is 0 Å². The number of nitrogens with zero attached hydrogens (tertiary/aromatic N) is 2. The van der Waals surface area contributed by atoms with Crippen molar-refractivity contribution in [2.75, 3.05) is 39.0 Å². The Balaban J connectivity index is 0.00000320. The van der Waals surface area contributed by atoms with E-state index in [0.717, 1.165) is 44.2 Å². The molecule has 0 unspecified atom stereocenters. The predicted molar refractivity (Wildman–Crippen MR) is 122 cm³/mol. The number of hydrogen-bond donors (Lipinski definition) is 2. The Labute approximate surface area is 223 Å². The van der Waals surface area contributed by atoms with Crippen LogP contribution in [0, 0.1) is 5.92 Å². The number of aryl methyl sites for hydroxylation is 2. The van der Waals surface area contributed by atoms with E-state index in [2.05, 4.69) is 16.1 Å². The molecule has 1 aromatic rings. The molecule has 3 rings (SSSR count). The topological polar surface area (TPSA) is 81.8 Å². The quantitative estimate of drug-likeness (QED) is 0.582. The first kappa shape index (κ1) is 26.3. The first-order chi connectivity index (χ1) is 13.7. The standard InChI is InChI=1S/C21H34N4O3S.K/c1-15(2)14-25(12-11-24(3)4)29(27,28)23-21(26)22-20-18-9-5-7-16(18)13-17-8-6-10-19(17)20;/h13,15H,5-12,14H2,1-4H3,(H2,22,23,26);. The summed E-state index contributed by atoms with van der Waals surface area (Å²) in [6, 6.07) is 1.62. The number of urea groups is 1. The molecule has 0 aliphatic heterocycles. The number of hydrogen-bond acceptors (Lipinski definition) is 4. The first-order valence-electron chi connectivity index (χ1n) is 10.6. The monoisotopic (exact) mass is 461 g/mol. The van der Waals surface area contributed by atoms with Gasteiger partial charge >= 0.3 is 16.2 Å².